The van der Waals surface area contributed by atoms with Crippen LogP contribution in [0.3, 0.4) is 0 Å². The van der Waals surface area contributed by atoms with E-state index in [1.54, 1.807) is 0 Å². The number of nitrogen functional groups attached to an aromatic ring is 1. The zero-order valence-corrected chi connectivity index (χ0v) is 14.7. The molecule has 4 N–H and O–H groups in total. The number of halogens is 3. The van der Waals surface area contributed by atoms with Gasteiger partial charge in [-0.25, -0.2) is 15.0 Å². The van der Waals surface area contributed by atoms with E-state index in [1.807, 2.05) is 13.8 Å². The van der Waals surface area contributed by atoms with Gasteiger partial charge < -0.3 is 16.4 Å². The van der Waals surface area contributed by atoms with Crippen molar-refractivity contribution in [1.82, 2.24) is 15.0 Å². The number of anilines is 5. The van der Waals surface area contributed by atoms with Gasteiger partial charge in [0, 0.05) is 4.88 Å². The minimum Gasteiger partial charge on any atom is -0.393 e. The predicted molar refractivity (Wildman–Crippen MR) is 96.0 cm³/mol. The lowest BCUT2D eigenvalue weighted by Crippen LogP contribution is -2.10. The zero-order chi connectivity index (χ0) is 18.9. The largest absolute Gasteiger partial charge is 0.418 e. The minimum absolute atomic E-state index is 0.0733. The highest BCUT2D eigenvalue weighted by molar-refractivity contribution is 7.15. The number of thiazole rings is 1. The van der Waals surface area contributed by atoms with Gasteiger partial charge in [-0.3, -0.25) is 0 Å². The Morgan fingerprint density at radius 1 is 1.04 bits per heavy atom. The molecule has 0 aliphatic rings. The number of nitrogens with one attached hydrogen (secondary N) is 2. The van der Waals surface area contributed by atoms with Crippen molar-refractivity contribution in [2.75, 3.05) is 16.4 Å². The van der Waals surface area contributed by atoms with Crippen molar-refractivity contribution in [3.8, 4) is 0 Å². The number of hydrogen-bond acceptors (Lipinski definition) is 7. The molecule has 0 saturated carbocycles. The number of aromatic nitrogens is 3. The van der Waals surface area contributed by atoms with E-state index < -0.39 is 11.7 Å². The Morgan fingerprint density at radius 2 is 1.69 bits per heavy atom. The van der Waals surface area contributed by atoms with E-state index in [1.165, 1.54) is 35.9 Å². The van der Waals surface area contributed by atoms with Crippen LogP contribution in [0.5, 0.6) is 0 Å². The van der Waals surface area contributed by atoms with E-state index in [2.05, 4.69) is 25.6 Å². The first-order valence-corrected chi connectivity index (χ1v) is 8.32. The summed E-state index contributed by atoms with van der Waals surface area (Å²) in [5.74, 6) is 0.338. The molecule has 3 rings (SSSR count). The molecular weight excluding hydrogens is 365 g/mol. The minimum atomic E-state index is -4.50. The Kier molecular flexibility index (Phi) is 4.68. The Labute approximate surface area is 151 Å². The molecule has 0 unspecified atom stereocenters. The highest BCUT2D eigenvalue weighted by Gasteiger charge is 2.33. The van der Waals surface area contributed by atoms with Crippen molar-refractivity contribution < 1.29 is 13.2 Å². The van der Waals surface area contributed by atoms with Crippen LogP contribution in [0.4, 0.5) is 41.3 Å². The van der Waals surface area contributed by atoms with Gasteiger partial charge in [-0.1, -0.05) is 12.1 Å². The van der Waals surface area contributed by atoms with Crippen molar-refractivity contribution in [2.24, 2.45) is 0 Å². The summed E-state index contributed by atoms with van der Waals surface area (Å²) in [6, 6.07) is 5.11. The first-order valence-electron chi connectivity index (χ1n) is 7.50. The molecule has 26 heavy (non-hydrogen) atoms. The van der Waals surface area contributed by atoms with Gasteiger partial charge in [-0.2, -0.15) is 13.2 Å². The first kappa shape index (κ1) is 17.9. The molecule has 10 heteroatoms. The summed E-state index contributed by atoms with van der Waals surface area (Å²) in [6.45, 7) is 3.81. The van der Waals surface area contributed by atoms with Crippen LogP contribution in [0.15, 0.2) is 30.6 Å². The first-order chi connectivity index (χ1) is 12.3. The second-order valence-corrected chi connectivity index (χ2v) is 6.64. The lowest BCUT2D eigenvalue weighted by atomic mass is 10.1. The van der Waals surface area contributed by atoms with Crippen molar-refractivity contribution in [2.45, 2.75) is 20.0 Å². The summed E-state index contributed by atoms with van der Waals surface area (Å²) >= 11 is 1.43. The lowest BCUT2D eigenvalue weighted by Gasteiger charge is -2.15. The number of para-hydroxylation sites is 1. The molecule has 0 amide bonds. The van der Waals surface area contributed by atoms with E-state index in [0.29, 0.717) is 5.13 Å². The average molecular weight is 380 g/mol. The molecule has 0 saturated heterocycles. The summed E-state index contributed by atoms with van der Waals surface area (Å²) in [7, 11) is 0. The van der Waals surface area contributed by atoms with Crippen molar-refractivity contribution in [3.63, 3.8) is 0 Å². The standard InChI is InChI=1S/C16H15F3N6S/c1-8-9(2)26-15(23-8)25-14-12(20)13(21-7-22-14)24-11-6-4-3-5-10(11)16(17,18)19/h3-7H,20H2,1-2H3,(H2,21,22,23,24,25). The van der Waals surface area contributed by atoms with Gasteiger partial charge in [0.25, 0.3) is 0 Å². The molecule has 0 atom stereocenters. The molecule has 0 radical (unpaired) electrons. The molecule has 3 aromatic rings. The topological polar surface area (TPSA) is 88.8 Å². The van der Waals surface area contributed by atoms with Crippen molar-refractivity contribution >= 4 is 39.5 Å². The van der Waals surface area contributed by atoms with Gasteiger partial charge in [0.2, 0.25) is 0 Å². The lowest BCUT2D eigenvalue weighted by molar-refractivity contribution is -0.136. The molecule has 2 heterocycles. The molecule has 136 valence electrons. The molecular formula is C16H15F3N6S. The van der Waals surface area contributed by atoms with E-state index in [4.69, 9.17) is 5.73 Å². The Morgan fingerprint density at radius 3 is 2.31 bits per heavy atom. The van der Waals surface area contributed by atoms with Gasteiger partial charge in [0.1, 0.15) is 12.0 Å². The number of hydrogen-bond donors (Lipinski definition) is 3. The second kappa shape index (κ2) is 6.79. The van der Waals surface area contributed by atoms with Crippen LogP contribution in [0.1, 0.15) is 16.1 Å². The molecule has 0 aliphatic heterocycles. The number of nitrogens with zero attached hydrogens (tertiary/aromatic N) is 3. The van der Waals surface area contributed by atoms with Crippen LogP contribution in [0.2, 0.25) is 0 Å². The molecule has 0 bridgehead atoms. The van der Waals surface area contributed by atoms with E-state index in [0.717, 1.165) is 16.6 Å². The van der Waals surface area contributed by atoms with E-state index in [-0.39, 0.29) is 23.0 Å². The Balaban J connectivity index is 1.91. The fraction of sp³-hybridized carbons (Fsp3) is 0.188. The summed E-state index contributed by atoms with van der Waals surface area (Å²) in [4.78, 5) is 13.4. The van der Waals surface area contributed by atoms with Gasteiger partial charge in [0.05, 0.1) is 16.9 Å². The normalized spacial score (nSPS) is 11.4. The molecule has 0 spiro atoms. The summed E-state index contributed by atoms with van der Waals surface area (Å²) < 4.78 is 39.4. The highest BCUT2D eigenvalue weighted by Crippen LogP contribution is 2.37. The highest BCUT2D eigenvalue weighted by atomic mass is 32.1. The zero-order valence-electron chi connectivity index (χ0n) is 13.8. The number of alkyl halides is 3. The van der Waals surface area contributed by atoms with Gasteiger partial charge in [0.15, 0.2) is 16.8 Å². The summed E-state index contributed by atoms with van der Waals surface area (Å²) in [5, 5.41) is 6.20. The van der Waals surface area contributed by atoms with Crippen LogP contribution >= 0.6 is 11.3 Å². The van der Waals surface area contributed by atoms with Crippen LogP contribution in [0.25, 0.3) is 0 Å². The Bertz CT molecular complexity index is 918. The number of aryl methyl sites for hydroxylation is 2. The number of rotatable bonds is 4. The van der Waals surface area contributed by atoms with E-state index >= 15 is 0 Å². The smallest absolute Gasteiger partial charge is 0.393 e. The second-order valence-electron chi connectivity index (χ2n) is 5.44. The number of nitrogens with two attached hydrogens (primary N) is 1. The van der Waals surface area contributed by atoms with Crippen molar-refractivity contribution in [3.05, 3.63) is 46.7 Å². The van der Waals surface area contributed by atoms with Crippen molar-refractivity contribution in [1.29, 1.82) is 0 Å². The van der Waals surface area contributed by atoms with E-state index in [9.17, 15) is 13.2 Å². The monoisotopic (exact) mass is 380 g/mol. The average Bonchev–Trinajstić information content (AvgIpc) is 2.88. The predicted octanol–water partition coefficient (Wildman–Crippen LogP) is 4.64. The summed E-state index contributed by atoms with van der Waals surface area (Å²) in [5.41, 5.74) is 6.05. The fourth-order valence-corrected chi connectivity index (χ4v) is 3.00. The number of benzene rings is 1. The maximum Gasteiger partial charge on any atom is 0.418 e. The Hall–Kier alpha value is -2.88. The molecule has 0 fully saturated rings. The molecule has 0 aliphatic carbocycles. The quantitative estimate of drug-likeness (QED) is 0.611. The third kappa shape index (κ3) is 3.69. The van der Waals surface area contributed by atoms with Crippen LogP contribution in [-0.4, -0.2) is 15.0 Å². The van der Waals surface area contributed by atoms with Crippen LogP contribution < -0.4 is 16.4 Å². The SMILES string of the molecule is Cc1nc(Nc2ncnc(Nc3ccccc3C(F)(F)F)c2N)sc1C. The maximum atomic E-state index is 13.1. The van der Waals surface area contributed by atoms with Crippen LogP contribution in [-0.2, 0) is 6.18 Å². The molecule has 2 aromatic heterocycles. The van der Waals surface area contributed by atoms with Gasteiger partial charge in [-0.05, 0) is 26.0 Å². The van der Waals surface area contributed by atoms with Crippen LogP contribution in [0, 0.1) is 13.8 Å². The third-order valence-electron chi connectivity index (χ3n) is 3.62. The molecule has 1 aromatic carbocycles. The molecule has 6 nitrogen and oxygen atoms in total. The van der Waals surface area contributed by atoms with Gasteiger partial charge >= 0.3 is 6.18 Å². The van der Waals surface area contributed by atoms with Gasteiger partial charge in [-0.15, -0.1) is 11.3 Å². The maximum absolute atomic E-state index is 13.1. The fourth-order valence-electron chi connectivity index (χ4n) is 2.19. The third-order valence-corrected chi connectivity index (χ3v) is 4.61. The summed E-state index contributed by atoms with van der Waals surface area (Å²) in [6.07, 6.45) is -3.28.